The van der Waals surface area contributed by atoms with Crippen LogP contribution < -0.4 is 5.73 Å². The molecule has 62 valence electrons. The minimum atomic E-state index is 0.372. The summed E-state index contributed by atoms with van der Waals surface area (Å²) in [6, 6.07) is 0.372. The second-order valence-electron chi connectivity index (χ2n) is 2.86. The van der Waals surface area contributed by atoms with E-state index in [1.807, 2.05) is 11.8 Å². The Balaban J connectivity index is 3.03. The molecular formula is C8H19NS. The summed E-state index contributed by atoms with van der Waals surface area (Å²) in [5.41, 5.74) is 5.61. The summed E-state index contributed by atoms with van der Waals surface area (Å²) in [6.07, 6.45) is 2.42. The molecule has 0 aliphatic heterocycles. The Hall–Kier alpha value is 0.310. The molecule has 0 fully saturated rings. The normalized spacial score (nSPS) is 16.8. The van der Waals surface area contributed by atoms with Crippen molar-refractivity contribution in [3.63, 3.8) is 0 Å². The highest BCUT2D eigenvalue weighted by Gasteiger charge is 1.99. The molecule has 2 atom stereocenters. The van der Waals surface area contributed by atoms with Gasteiger partial charge in [0.25, 0.3) is 0 Å². The standard InChI is InChI=1S/C8H19NS/c1-4-8(3)10-6-5-7(2)9/h7-8H,4-6,9H2,1-3H3. The largest absolute Gasteiger partial charge is 0.328 e. The van der Waals surface area contributed by atoms with Crippen molar-refractivity contribution in [1.29, 1.82) is 0 Å². The van der Waals surface area contributed by atoms with Crippen molar-refractivity contribution in [2.45, 2.75) is 44.9 Å². The number of nitrogens with two attached hydrogens (primary N) is 1. The van der Waals surface area contributed by atoms with Crippen LogP contribution >= 0.6 is 11.8 Å². The molecule has 0 saturated heterocycles. The molecule has 0 aromatic carbocycles. The minimum absolute atomic E-state index is 0.372. The first-order valence-electron chi connectivity index (χ1n) is 4.04. The molecule has 0 aliphatic carbocycles. The Bertz CT molecular complexity index is 73.7. The van der Waals surface area contributed by atoms with Gasteiger partial charge in [-0.25, -0.2) is 0 Å². The molecule has 0 rings (SSSR count). The van der Waals surface area contributed by atoms with Crippen molar-refractivity contribution in [2.24, 2.45) is 5.73 Å². The average molecular weight is 161 g/mol. The van der Waals surface area contributed by atoms with Gasteiger partial charge in [-0.1, -0.05) is 13.8 Å². The van der Waals surface area contributed by atoms with Crippen LogP contribution in [-0.4, -0.2) is 17.0 Å². The van der Waals surface area contributed by atoms with E-state index in [9.17, 15) is 0 Å². The molecule has 0 amide bonds. The van der Waals surface area contributed by atoms with E-state index in [0.29, 0.717) is 6.04 Å². The summed E-state index contributed by atoms with van der Waals surface area (Å²) < 4.78 is 0. The highest BCUT2D eigenvalue weighted by molar-refractivity contribution is 7.99. The summed E-state index contributed by atoms with van der Waals surface area (Å²) in [6.45, 7) is 6.56. The van der Waals surface area contributed by atoms with Crippen LogP contribution in [0.25, 0.3) is 0 Å². The average Bonchev–Trinajstić information content (AvgIpc) is 1.87. The molecule has 0 bridgehead atoms. The molecule has 1 nitrogen and oxygen atoms in total. The lowest BCUT2D eigenvalue weighted by Gasteiger charge is -2.08. The molecule has 2 heteroatoms. The van der Waals surface area contributed by atoms with Crippen LogP contribution in [0.4, 0.5) is 0 Å². The van der Waals surface area contributed by atoms with Crippen LogP contribution in [0.3, 0.4) is 0 Å². The Morgan fingerprint density at radius 3 is 2.40 bits per heavy atom. The Morgan fingerprint density at radius 2 is 2.00 bits per heavy atom. The summed E-state index contributed by atoms with van der Waals surface area (Å²) in [5, 5.41) is 0.804. The quantitative estimate of drug-likeness (QED) is 0.669. The van der Waals surface area contributed by atoms with Gasteiger partial charge >= 0.3 is 0 Å². The molecule has 2 unspecified atom stereocenters. The third kappa shape index (κ3) is 6.43. The molecule has 0 aromatic heterocycles. The van der Waals surface area contributed by atoms with Crippen molar-refractivity contribution in [1.82, 2.24) is 0 Å². The van der Waals surface area contributed by atoms with E-state index in [-0.39, 0.29) is 0 Å². The van der Waals surface area contributed by atoms with Crippen molar-refractivity contribution in [3.8, 4) is 0 Å². The van der Waals surface area contributed by atoms with E-state index in [4.69, 9.17) is 5.73 Å². The van der Waals surface area contributed by atoms with E-state index in [2.05, 4.69) is 20.8 Å². The van der Waals surface area contributed by atoms with Gasteiger partial charge in [0, 0.05) is 11.3 Å². The fourth-order valence-electron chi connectivity index (χ4n) is 0.573. The van der Waals surface area contributed by atoms with Gasteiger partial charge in [-0.2, -0.15) is 11.8 Å². The van der Waals surface area contributed by atoms with E-state index >= 15 is 0 Å². The second-order valence-corrected chi connectivity index (χ2v) is 4.40. The van der Waals surface area contributed by atoms with Crippen LogP contribution in [0, 0.1) is 0 Å². The van der Waals surface area contributed by atoms with Crippen LogP contribution in [0.15, 0.2) is 0 Å². The maximum Gasteiger partial charge on any atom is 0.00183 e. The summed E-state index contributed by atoms with van der Waals surface area (Å²) in [5.74, 6) is 1.21. The zero-order valence-electron chi connectivity index (χ0n) is 7.26. The fraction of sp³-hybridized carbons (Fsp3) is 1.00. The van der Waals surface area contributed by atoms with E-state index < -0.39 is 0 Å². The molecule has 0 heterocycles. The van der Waals surface area contributed by atoms with Crippen LogP contribution in [-0.2, 0) is 0 Å². The van der Waals surface area contributed by atoms with Gasteiger partial charge in [0.15, 0.2) is 0 Å². The second kappa shape index (κ2) is 6.05. The predicted molar refractivity (Wildman–Crippen MR) is 50.5 cm³/mol. The van der Waals surface area contributed by atoms with Gasteiger partial charge in [-0.05, 0) is 25.5 Å². The molecule has 2 N–H and O–H groups in total. The molecule has 0 saturated carbocycles. The van der Waals surface area contributed by atoms with E-state index in [1.165, 1.54) is 12.2 Å². The zero-order chi connectivity index (χ0) is 7.98. The van der Waals surface area contributed by atoms with Crippen molar-refractivity contribution in [2.75, 3.05) is 5.75 Å². The maximum atomic E-state index is 5.61. The van der Waals surface area contributed by atoms with Gasteiger partial charge in [-0.3, -0.25) is 0 Å². The topological polar surface area (TPSA) is 26.0 Å². The molecule has 0 aromatic rings. The predicted octanol–water partition coefficient (Wildman–Crippen LogP) is 2.26. The van der Waals surface area contributed by atoms with E-state index in [1.54, 1.807) is 0 Å². The lowest BCUT2D eigenvalue weighted by molar-refractivity contribution is 0.719. The smallest absolute Gasteiger partial charge is 0.00183 e. The molecule has 10 heavy (non-hydrogen) atoms. The van der Waals surface area contributed by atoms with Gasteiger partial charge < -0.3 is 5.73 Å². The van der Waals surface area contributed by atoms with Gasteiger partial charge in [-0.15, -0.1) is 0 Å². The maximum absolute atomic E-state index is 5.61. The lowest BCUT2D eigenvalue weighted by atomic mass is 10.3. The van der Waals surface area contributed by atoms with Crippen LogP contribution in [0.2, 0.25) is 0 Å². The van der Waals surface area contributed by atoms with Crippen molar-refractivity contribution >= 4 is 11.8 Å². The SMILES string of the molecule is CCC(C)SCCC(C)N. The molecular weight excluding hydrogens is 142 g/mol. The zero-order valence-corrected chi connectivity index (χ0v) is 8.08. The van der Waals surface area contributed by atoms with Crippen LogP contribution in [0.5, 0.6) is 0 Å². The fourth-order valence-corrected chi connectivity index (χ4v) is 1.72. The van der Waals surface area contributed by atoms with Crippen LogP contribution in [0.1, 0.15) is 33.6 Å². The van der Waals surface area contributed by atoms with Crippen molar-refractivity contribution in [3.05, 3.63) is 0 Å². The Morgan fingerprint density at radius 1 is 1.40 bits per heavy atom. The number of hydrogen-bond acceptors (Lipinski definition) is 2. The minimum Gasteiger partial charge on any atom is -0.328 e. The summed E-state index contributed by atoms with van der Waals surface area (Å²) in [7, 11) is 0. The first kappa shape index (κ1) is 10.3. The first-order valence-corrected chi connectivity index (χ1v) is 5.08. The Kier molecular flexibility index (Phi) is 6.24. The molecule has 0 aliphatic rings. The number of hydrogen-bond donors (Lipinski definition) is 1. The number of thioether (sulfide) groups is 1. The lowest BCUT2D eigenvalue weighted by Crippen LogP contribution is -2.15. The third-order valence-corrected chi connectivity index (χ3v) is 2.92. The highest BCUT2D eigenvalue weighted by Crippen LogP contribution is 2.14. The molecule has 0 radical (unpaired) electrons. The first-order chi connectivity index (χ1) is 4.66. The van der Waals surface area contributed by atoms with Gasteiger partial charge in [0.1, 0.15) is 0 Å². The number of rotatable bonds is 5. The summed E-state index contributed by atoms with van der Waals surface area (Å²) in [4.78, 5) is 0. The van der Waals surface area contributed by atoms with Crippen molar-refractivity contribution < 1.29 is 0 Å². The molecule has 0 spiro atoms. The van der Waals surface area contributed by atoms with Gasteiger partial charge in [0.2, 0.25) is 0 Å². The van der Waals surface area contributed by atoms with E-state index in [0.717, 1.165) is 11.7 Å². The van der Waals surface area contributed by atoms with Gasteiger partial charge in [0.05, 0.1) is 0 Å². The third-order valence-electron chi connectivity index (χ3n) is 1.55. The highest BCUT2D eigenvalue weighted by atomic mass is 32.2. The Labute approximate surface area is 68.8 Å². The summed E-state index contributed by atoms with van der Waals surface area (Å²) >= 11 is 2.02. The monoisotopic (exact) mass is 161 g/mol.